The molecule has 0 unspecified atom stereocenters. The van der Waals surface area contributed by atoms with E-state index < -0.39 is 5.97 Å². The summed E-state index contributed by atoms with van der Waals surface area (Å²) >= 11 is 0.513. The normalized spacial score (nSPS) is 10.3. The SMILES string of the molecule is C[Se]c1c(C)cc(CCC(=O)O)cc1C. The molecule has 1 aromatic rings. The second kappa shape index (κ2) is 5.34. The number of carbonyl (C=O) groups is 1. The Morgan fingerprint density at radius 2 is 1.87 bits per heavy atom. The van der Waals surface area contributed by atoms with Crippen LogP contribution in [0.4, 0.5) is 0 Å². The molecule has 15 heavy (non-hydrogen) atoms. The molecule has 0 atom stereocenters. The Morgan fingerprint density at radius 3 is 2.27 bits per heavy atom. The summed E-state index contributed by atoms with van der Waals surface area (Å²) in [6, 6.07) is 4.24. The topological polar surface area (TPSA) is 37.3 Å². The van der Waals surface area contributed by atoms with Crippen molar-refractivity contribution in [1.82, 2.24) is 0 Å². The van der Waals surface area contributed by atoms with E-state index in [-0.39, 0.29) is 6.42 Å². The van der Waals surface area contributed by atoms with Crippen molar-refractivity contribution < 1.29 is 9.90 Å². The van der Waals surface area contributed by atoms with Crippen LogP contribution in [0.5, 0.6) is 0 Å². The van der Waals surface area contributed by atoms with Gasteiger partial charge in [-0.15, -0.1) is 0 Å². The van der Waals surface area contributed by atoms with Crippen LogP contribution in [-0.4, -0.2) is 26.0 Å². The molecule has 0 heterocycles. The molecule has 1 rings (SSSR count). The molecule has 0 saturated heterocycles. The van der Waals surface area contributed by atoms with Crippen LogP contribution < -0.4 is 4.46 Å². The van der Waals surface area contributed by atoms with Crippen LogP contribution in [0.15, 0.2) is 12.1 Å². The molecule has 2 nitrogen and oxygen atoms in total. The molecule has 0 aliphatic heterocycles. The first-order valence-electron chi connectivity index (χ1n) is 4.90. The third-order valence-corrected chi connectivity index (χ3v) is 4.56. The molecular weight excluding hydrogens is 255 g/mol. The summed E-state index contributed by atoms with van der Waals surface area (Å²) in [6.45, 7) is 4.22. The number of benzene rings is 1. The van der Waals surface area contributed by atoms with E-state index in [1.165, 1.54) is 15.6 Å². The molecule has 0 aliphatic rings. The van der Waals surface area contributed by atoms with Gasteiger partial charge < -0.3 is 0 Å². The summed E-state index contributed by atoms with van der Waals surface area (Å²) in [7, 11) is 0. The Kier molecular flexibility index (Phi) is 4.37. The second-order valence-corrected chi connectivity index (χ2v) is 5.37. The maximum atomic E-state index is 10.5. The zero-order valence-electron chi connectivity index (χ0n) is 9.33. The predicted molar refractivity (Wildman–Crippen MR) is 63.1 cm³/mol. The van der Waals surface area contributed by atoms with Gasteiger partial charge in [-0.25, -0.2) is 0 Å². The van der Waals surface area contributed by atoms with Crippen molar-refractivity contribution in [2.45, 2.75) is 32.5 Å². The molecule has 0 amide bonds. The number of rotatable bonds is 4. The molecular formula is C12H16O2Se. The van der Waals surface area contributed by atoms with Crippen molar-refractivity contribution in [2.75, 3.05) is 0 Å². The quantitative estimate of drug-likeness (QED) is 0.846. The number of carboxylic acids is 1. The van der Waals surface area contributed by atoms with Crippen molar-refractivity contribution in [3.63, 3.8) is 0 Å². The first-order chi connectivity index (χ1) is 7.04. The van der Waals surface area contributed by atoms with Gasteiger partial charge in [-0.2, -0.15) is 0 Å². The first kappa shape index (κ1) is 12.3. The van der Waals surface area contributed by atoms with Gasteiger partial charge in [-0.1, -0.05) is 0 Å². The van der Waals surface area contributed by atoms with E-state index in [4.69, 9.17) is 5.11 Å². The fourth-order valence-electron chi connectivity index (χ4n) is 1.76. The molecule has 0 fully saturated rings. The summed E-state index contributed by atoms with van der Waals surface area (Å²) < 4.78 is 1.45. The molecule has 3 heteroatoms. The molecule has 82 valence electrons. The van der Waals surface area contributed by atoms with Gasteiger partial charge >= 0.3 is 96.6 Å². The van der Waals surface area contributed by atoms with Crippen molar-refractivity contribution in [1.29, 1.82) is 0 Å². The number of hydrogen-bond donors (Lipinski definition) is 1. The van der Waals surface area contributed by atoms with E-state index >= 15 is 0 Å². The van der Waals surface area contributed by atoms with Gasteiger partial charge in [0.05, 0.1) is 0 Å². The summed E-state index contributed by atoms with van der Waals surface area (Å²) in [6.07, 6.45) is 0.851. The third kappa shape index (κ3) is 3.36. The van der Waals surface area contributed by atoms with E-state index in [9.17, 15) is 4.79 Å². The fourth-order valence-corrected chi connectivity index (χ4v) is 3.36. The predicted octanol–water partition coefficient (Wildman–Crippen LogP) is 1.70. The summed E-state index contributed by atoms with van der Waals surface area (Å²) in [4.78, 5) is 10.5. The average molecular weight is 271 g/mol. The summed E-state index contributed by atoms with van der Waals surface area (Å²) in [5, 5.41) is 8.62. The molecule has 1 aromatic carbocycles. The van der Waals surface area contributed by atoms with Gasteiger partial charge in [0.2, 0.25) is 0 Å². The standard InChI is InChI=1S/C12H16O2Se/c1-8-6-10(4-5-11(13)14)7-9(2)12(8)15-3/h6-7H,4-5H2,1-3H3,(H,13,14). The molecule has 0 radical (unpaired) electrons. The van der Waals surface area contributed by atoms with Gasteiger partial charge in [-0.05, 0) is 0 Å². The van der Waals surface area contributed by atoms with Crippen molar-refractivity contribution >= 4 is 25.4 Å². The number of carboxylic acid groups (broad SMARTS) is 1. The van der Waals surface area contributed by atoms with E-state index in [0.717, 1.165) is 5.56 Å². The Bertz CT molecular complexity index is 349. The van der Waals surface area contributed by atoms with Gasteiger partial charge in [-0.3, -0.25) is 0 Å². The monoisotopic (exact) mass is 272 g/mol. The molecule has 0 aliphatic carbocycles. The molecule has 0 bridgehead atoms. The van der Waals surface area contributed by atoms with Crippen molar-refractivity contribution in [3.05, 3.63) is 28.8 Å². The Morgan fingerprint density at radius 1 is 1.33 bits per heavy atom. The third-order valence-electron chi connectivity index (χ3n) is 2.35. The Labute approximate surface area is 96.9 Å². The first-order valence-corrected chi connectivity index (χ1v) is 7.47. The zero-order valence-corrected chi connectivity index (χ0v) is 11.0. The van der Waals surface area contributed by atoms with E-state index in [2.05, 4.69) is 31.8 Å². The van der Waals surface area contributed by atoms with Crippen molar-refractivity contribution in [2.24, 2.45) is 0 Å². The number of aryl methyl sites for hydroxylation is 3. The van der Waals surface area contributed by atoms with Gasteiger partial charge in [0.15, 0.2) is 0 Å². The van der Waals surface area contributed by atoms with Crippen LogP contribution in [-0.2, 0) is 11.2 Å². The summed E-state index contributed by atoms with van der Waals surface area (Å²) in [5.41, 5.74) is 3.75. The van der Waals surface area contributed by atoms with Crippen molar-refractivity contribution in [3.8, 4) is 0 Å². The minimum atomic E-state index is -0.728. The molecule has 0 aromatic heterocycles. The zero-order chi connectivity index (χ0) is 11.4. The van der Waals surface area contributed by atoms with Gasteiger partial charge in [0.25, 0.3) is 0 Å². The number of aliphatic carboxylic acids is 1. The van der Waals surface area contributed by atoms with E-state index in [1.807, 2.05) is 0 Å². The van der Waals surface area contributed by atoms with Gasteiger partial charge in [0.1, 0.15) is 0 Å². The van der Waals surface area contributed by atoms with Crippen LogP contribution in [0.1, 0.15) is 23.1 Å². The Balaban J connectivity index is 2.88. The van der Waals surface area contributed by atoms with Crippen LogP contribution in [0.25, 0.3) is 0 Å². The van der Waals surface area contributed by atoms with Crippen LogP contribution in [0.3, 0.4) is 0 Å². The average Bonchev–Trinajstić information content (AvgIpc) is 2.14. The molecule has 0 saturated carbocycles. The minimum absolute atomic E-state index is 0.218. The second-order valence-electron chi connectivity index (χ2n) is 3.66. The molecule has 0 spiro atoms. The maximum absolute atomic E-state index is 10.5. The number of hydrogen-bond acceptors (Lipinski definition) is 1. The fraction of sp³-hybridized carbons (Fsp3) is 0.417. The van der Waals surface area contributed by atoms with Crippen LogP contribution >= 0.6 is 0 Å². The Hall–Kier alpha value is -0.791. The van der Waals surface area contributed by atoms with E-state index in [1.54, 1.807) is 0 Å². The summed E-state index contributed by atoms with van der Waals surface area (Å²) in [5.74, 6) is 1.48. The van der Waals surface area contributed by atoms with Crippen LogP contribution in [0.2, 0.25) is 5.82 Å². The van der Waals surface area contributed by atoms with Gasteiger partial charge in [0, 0.05) is 0 Å². The molecule has 1 N–H and O–H groups in total. The van der Waals surface area contributed by atoms with E-state index in [0.29, 0.717) is 21.4 Å². The van der Waals surface area contributed by atoms with Crippen LogP contribution in [0, 0.1) is 13.8 Å².